The van der Waals surface area contributed by atoms with E-state index in [1.807, 2.05) is 27.7 Å². The lowest BCUT2D eigenvalue weighted by Gasteiger charge is -2.21. The van der Waals surface area contributed by atoms with Crippen LogP contribution in [0.5, 0.6) is 0 Å². The van der Waals surface area contributed by atoms with Crippen LogP contribution in [-0.2, 0) is 9.59 Å². The van der Waals surface area contributed by atoms with Crippen molar-refractivity contribution in [3.05, 3.63) is 0 Å². The molecule has 0 heterocycles. The lowest BCUT2D eigenvalue weighted by Crippen LogP contribution is -2.45. The van der Waals surface area contributed by atoms with Gasteiger partial charge in [0.2, 0.25) is 11.8 Å². The van der Waals surface area contributed by atoms with Crippen LogP contribution in [0.25, 0.3) is 0 Å². The largest absolute Gasteiger partial charge is 0.352 e. The number of rotatable bonds is 6. The number of carbonyl (C=O) groups is 2. The zero-order valence-electron chi connectivity index (χ0n) is 11.8. The van der Waals surface area contributed by atoms with Crippen LogP contribution >= 0.6 is 0 Å². The molecular formula is C13H25N3O2. The summed E-state index contributed by atoms with van der Waals surface area (Å²) in [6.07, 6.45) is 2.57. The monoisotopic (exact) mass is 255 g/mol. The van der Waals surface area contributed by atoms with Gasteiger partial charge in [-0.25, -0.2) is 0 Å². The van der Waals surface area contributed by atoms with Crippen molar-refractivity contribution in [3.8, 4) is 0 Å². The molecule has 3 N–H and O–H groups in total. The van der Waals surface area contributed by atoms with E-state index in [9.17, 15) is 9.59 Å². The molecule has 2 amide bonds. The van der Waals surface area contributed by atoms with Crippen LogP contribution in [0.1, 0.15) is 47.0 Å². The Kier molecular flexibility index (Phi) is 5.14. The van der Waals surface area contributed by atoms with Gasteiger partial charge in [-0.05, 0) is 40.5 Å². The third-order valence-corrected chi connectivity index (χ3v) is 2.63. The molecule has 104 valence electrons. The lowest BCUT2D eigenvalue weighted by molar-refractivity contribution is -0.124. The quantitative estimate of drug-likeness (QED) is 0.649. The molecule has 5 nitrogen and oxygen atoms in total. The number of amides is 2. The van der Waals surface area contributed by atoms with Gasteiger partial charge in [-0.1, -0.05) is 0 Å². The average molecular weight is 255 g/mol. The molecule has 0 aromatic heterocycles. The van der Waals surface area contributed by atoms with Gasteiger partial charge in [0, 0.05) is 24.5 Å². The number of hydrogen-bond acceptors (Lipinski definition) is 3. The van der Waals surface area contributed by atoms with E-state index < -0.39 is 0 Å². The standard InChI is InChI=1S/C13H25N3O2/c1-9(12(18)15-10-5-6-10)14-8-7-11(17)16-13(2,3)4/h9-10,14H,5-8H2,1-4H3,(H,15,18)(H,16,17). The van der Waals surface area contributed by atoms with Gasteiger partial charge in [0.1, 0.15) is 0 Å². The SMILES string of the molecule is CC(NCCC(=O)NC(C)(C)C)C(=O)NC1CC1. The summed E-state index contributed by atoms with van der Waals surface area (Å²) in [6, 6.07) is 0.138. The molecule has 0 aliphatic heterocycles. The Bertz CT molecular complexity index is 306. The van der Waals surface area contributed by atoms with Gasteiger partial charge in [-0.2, -0.15) is 0 Å². The minimum absolute atomic E-state index is 0.00445. The van der Waals surface area contributed by atoms with Crippen molar-refractivity contribution < 1.29 is 9.59 Å². The van der Waals surface area contributed by atoms with E-state index in [4.69, 9.17) is 0 Å². The van der Waals surface area contributed by atoms with E-state index in [2.05, 4.69) is 16.0 Å². The molecule has 18 heavy (non-hydrogen) atoms. The first-order valence-electron chi connectivity index (χ1n) is 6.63. The van der Waals surface area contributed by atoms with E-state index in [0.29, 0.717) is 19.0 Å². The van der Waals surface area contributed by atoms with E-state index >= 15 is 0 Å². The van der Waals surface area contributed by atoms with E-state index in [0.717, 1.165) is 12.8 Å². The Hall–Kier alpha value is -1.10. The van der Waals surface area contributed by atoms with Crippen molar-refractivity contribution in [2.24, 2.45) is 0 Å². The second kappa shape index (κ2) is 6.18. The predicted octanol–water partition coefficient (Wildman–Crippen LogP) is 0.548. The van der Waals surface area contributed by atoms with Crippen LogP contribution in [0.15, 0.2) is 0 Å². The van der Waals surface area contributed by atoms with Crippen LogP contribution in [-0.4, -0.2) is 36.0 Å². The van der Waals surface area contributed by atoms with Crippen molar-refractivity contribution in [2.45, 2.75) is 64.6 Å². The highest BCUT2D eigenvalue weighted by Gasteiger charge is 2.25. The summed E-state index contributed by atoms with van der Waals surface area (Å²) in [7, 11) is 0. The van der Waals surface area contributed by atoms with Crippen LogP contribution in [0, 0.1) is 0 Å². The van der Waals surface area contributed by atoms with Gasteiger partial charge in [0.25, 0.3) is 0 Å². The highest BCUT2D eigenvalue weighted by Crippen LogP contribution is 2.18. The molecule has 0 aromatic carbocycles. The maximum atomic E-state index is 11.6. The smallest absolute Gasteiger partial charge is 0.237 e. The van der Waals surface area contributed by atoms with Crippen LogP contribution < -0.4 is 16.0 Å². The number of carbonyl (C=O) groups excluding carboxylic acids is 2. The molecular weight excluding hydrogens is 230 g/mol. The maximum absolute atomic E-state index is 11.6. The van der Waals surface area contributed by atoms with Crippen molar-refractivity contribution in [1.82, 2.24) is 16.0 Å². The minimum atomic E-state index is -0.243. The summed E-state index contributed by atoms with van der Waals surface area (Å²) in [6.45, 7) is 8.18. The Morgan fingerprint density at radius 1 is 1.28 bits per heavy atom. The van der Waals surface area contributed by atoms with Gasteiger partial charge in [0.15, 0.2) is 0 Å². The van der Waals surface area contributed by atoms with E-state index in [1.165, 1.54) is 0 Å². The van der Waals surface area contributed by atoms with Gasteiger partial charge >= 0.3 is 0 Å². The summed E-state index contributed by atoms with van der Waals surface area (Å²) in [5.41, 5.74) is -0.202. The fraction of sp³-hybridized carbons (Fsp3) is 0.846. The molecule has 1 aliphatic rings. The topological polar surface area (TPSA) is 70.2 Å². The van der Waals surface area contributed by atoms with Crippen LogP contribution in [0.3, 0.4) is 0 Å². The molecule has 1 atom stereocenters. The molecule has 0 radical (unpaired) electrons. The molecule has 1 rings (SSSR count). The Labute approximate surface area is 109 Å². The molecule has 0 bridgehead atoms. The van der Waals surface area contributed by atoms with E-state index in [1.54, 1.807) is 0 Å². The number of hydrogen-bond donors (Lipinski definition) is 3. The van der Waals surface area contributed by atoms with E-state index in [-0.39, 0.29) is 23.4 Å². The normalized spacial score (nSPS) is 17.1. The summed E-state index contributed by atoms with van der Waals surface area (Å²) in [4.78, 5) is 23.2. The Morgan fingerprint density at radius 2 is 1.89 bits per heavy atom. The Morgan fingerprint density at radius 3 is 2.39 bits per heavy atom. The fourth-order valence-corrected chi connectivity index (χ4v) is 1.53. The first-order valence-corrected chi connectivity index (χ1v) is 6.63. The molecule has 0 saturated heterocycles. The zero-order valence-corrected chi connectivity index (χ0v) is 11.8. The maximum Gasteiger partial charge on any atom is 0.237 e. The summed E-state index contributed by atoms with van der Waals surface area (Å²) >= 11 is 0. The second-order valence-corrected chi connectivity index (χ2v) is 6.01. The summed E-state index contributed by atoms with van der Waals surface area (Å²) in [5, 5.41) is 8.87. The van der Waals surface area contributed by atoms with Gasteiger partial charge < -0.3 is 16.0 Å². The van der Waals surface area contributed by atoms with Crippen molar-refractivity contribution in [3.63, 3.8) is 0 Å². The Balaban J connectivity index is 2.12. The molecule has 1 fully saturated rings. The van der Waals surface area contributed by atoms with Gasteiger partial charge in [0.05, 0.1) is 6.04 Å². The molecule has 5 heteroatoms. The van der Waals surface area contributed by atoms with Crippen LogP contribution in [0.2, 0.25) is 0 Å². The minimum Gasteiger partial charge on any atom is -0.352 e. The molecule has 0 spiro atoms. The fourth-order valence-electron chi connectivity index (χ4n) is 1.53. The third-order valence-electron chi connectivity index (χ3n) is 2.63. The molecule has 1 unspecified atom stereocenters. The van der Waals surface area contributed by atoms with Gasteiger partial charge in [-0.3, -0.25) is 9.59 Å². The van der Waals surface area contributed by atoms with Gasteiger partial charge in [-0.15, -0.1) is 0 Å². The number of nitrogens with one attached hydrogen (secondary N) is 3. The van der Waals surface area contributed by atoms with Crippen molar-refractivity contribution >= 4 is 11.8 Å². The molecule has 1 aliphatic carbocycles. The van der Waals surface area contributed by atoms with Crippen LogP contribution in [0.4, 0.5) is 0 Å². The average Bonchev–Trinajstić information content (AvgIpc) is 2.98. The highest BCUT2D eigenvalue weighted by molar-refractivity contribution is 5.82. The summed E-state index contributed by atoms with van der Waals surface area (Å²) < 4.78 is 0. The summed E-state index contributed by atoms with van der Waals surface area (Å²) in [5.74, 6) is 0.0264. The third kappa shape index (κ3) is 6.59. The molecule has 0 aromatic rings. The van der Waals surface area contributed by atoms with Crippen molar-refractivity contribution in [2.75, 3.05) is 6.54 Å². The highest BCUT2D eigenvalue weighted by atomic mass is 16.2. The molecule has 1 saturated carbocycles. The first kappa shape index (κ1) is 15.0. The lowest BCUT2D eigenvalue weighted by atomic mass is 10.1. The zero-order chi connectivity index (χ0) is 13.8. The predicted molar refractivity (Wildman–Crippen MR) is 71.1 cm³/mol. The first-order chi connectivity index (χ1) is 8.28. The van der Waals surface area contributed by atoms with Crippen molar-refractivity contribution in [1.29, 1.82) is 0 Å². The second-order valence-electron chi connectivity index (χ2n) is 6.01.